The van der Waals surface area contributed by atoms with Gasteiger partial charge in [-0.3, -0.25) is 4.90 Å². The van der Waals surface area contributed by atoms with E-state index >= 15 is 0 Å². The average Bonchev–Trinajstić information content (AvgIpc) is 2.82. The van der Waals surface area contributed by atoms with Crippen molar-refractivity contribution >= 4 is 12.1 Å². The molecule has 3 rings (SSSR count). The molecule has 1 spiro atoms. The number of carboxylic acid groups (broad SMARTS) is 1. The van der Waals surface area contributed by atoms with E-state index in [1.54, 1.807) is 24.3 Å². The molecule has 1 heterocycles. The van der Waals surface area contributed by atoms with E-state index < -0.39 is 35.9 Å². The Hall–Kier alpha value is -2.18. The fraction of sp³-hybridized carbons (Fsp3) is 0.467. The molecule has 118 valence electrons. The number of carbonyl (C=O) groups excluding carboxylic acids is 1. The number of likely N-dealkylation sites (tertiary alicyclic amines) is 1. The number of nitrogens with zero attached hydrogens (tertiary/aromatic N) is 1. The maximum atomic E-state index is 13.5. The van der Waals surface area contributed by atoms with Crippen LogP contribution in [0.3, 0.4) is 0 Å². The SMILES string of the molecule is O=C(O)C1N(C(=O)OCc2ccccc2)CCC12CC2(F)F. The molecule has 1 saturated heterocycles. The zero-order chi connectivity index (χ0) is 16.0. The summed E-state index contributed by atoms with van der Waals surface area (Å²) >= 11 is 0. The average molecular weight is 311 g/mol. The lowest BCUT2D eigenvalue weighted by atomic mass is 9.96. The van der Waals surface area contributed by atoms with Crippen molar-refractivity contribution in [3.63, 3.8) is 0 Å². The maximum Gasteiger partial charge on any atom is 0.410 e. The Morgan fingerprint density at radius 3 is 2.50 bits per heavy atom. The Kier molecular flexibility index (Phi) is 3.30. The highest BCUT2D eigenvalue weighted by Gasteiger charge is 2.79. The summed E-state index contributed by atoms with van der Waals surface area (Å²) in [4.78, 5) is 24.3. The molecule has 1 amide bonds. The summed E-state index contributed by atoms with van der Waals surface area (Å²) in [5.41, 5.74) is -0.877. The first kappa shape index (κ1) is 14.7. The van der Waals surface area contributed by atoms with Gasteiger partial charge in [-0.05, 0) is 12.0 Å². The molecule has 2 atom stereocenters. The summed E-state index contributed by atoms with van der Waals surface area (Å²) in [6.45, 7) is -0.0495. The monoisotopic (exact) mass is 311 g/mol. The number of hydrogen-bond donors (Lipinski definition) is 1. The molecular weight excluding hydrogens is 296 g/mol. The van der Waals surface area contributed by atoms with Crippen LogP contribution in [0.2, 0.25) is 0 Å². The fourth-order valence-corrected chi connectivity index (χ4v) is 3.17. The molecule has 1 saturated carbocycles. The molecule has 1 aromatic carbocycles. The van der Waals surface area contributed by atoms with Crippen LogP contribution in [0, 0.1) is 5.41 Å². The molecule has 5 nitrogen and oxygen atoms in total. The highest BCUT2D eigenvalue weighted by atomic mass is 19.3. The van der Waals surface area contributed by atoms with Crippen LogP contribution >= 0.6 is 0 Å². The van der Waals surface area contributed by atoms with Crippen LogP contribution < -0.4 is 0 Å². The molecule has 2 unspecified atom stereocenters. The lowest BCUT2D eigenvalue weighted by Crippen LogP contribution is -2.45. The van der Waals surface area contributed by atoms with Crippen molar-refractivity contribution in [2.24, 2.45) is 5.41 Å². The van der Waals surface area contributed by atoms with Crippen LogP contribution in [0.5, 0.6) is 0 Å². The van der Waals surface area contributed by atoms with Gasteiger partial charge >= 0.3 is 12.1 Å². The van der Waals surface area contributed by atoms with Gasteiger partial charge in [0.2, 0.25) is 0 Å². The van der Waals surface area contributed by atoms with Gasteiger partial charge in [-0.15, -0.1) is 0 Å². The van der Waals surface area contributed by atoms with Crippen LogP contribution in [0.15, 0.2) is 30.3 Å². The summed E-state index contributed by atoms with van der Waals surface area (Å²) < 4.78 is 32.2. The molecule has 0 radical (unpaired) electrons. The van der Waals surface area contributed by atoms with Crippen molar-refractivity contribution in [2.45, 2.75) is 31.4 Å². The summed E-state index contributed by atoms with van der Waals surface area (Å²) in [5, 5.41) is 9.24. The van der Waals surface area contributed by atoms with Gasteiger partial charge < -0.3 is 9.84 Å². The van der Waals surface area contributed by atoms with Crippen molar-refractivity contribution in [2.75, 3.05) is 6.54 Å². The first-order valence-corrected chi connectivity index (χ1v) is 6.95. The third-order valence-electron chi connectivity index (χ3n) is 4.45. The third kappa shape index (κ3) is 2.20. The van der Waals surface area contributed by atoms with Crippen molar-refractivity contribution in [3.05, 3.63) is 35.9 Å². The van der Waals surface area contributed by atoms with Gasteiger partial charge in [0.05, 0.1) is 5.41 Å². The molecule has 2 fully saturated rings. The minimum atomic E-state index is -3.02. The number of halogens is 2. The summed E-state index contributed by atoms with van der Waals surface area (Å²) in [5.74, 6) is -4.43. The first-order valence-electron chi connectivity index (χ1n) is 6.95. The largest absolute Gasteiger partial charge is 0.480 e. The van der Waals surface area contributed by atoms with E-state index in [0.717, 1.165) is 10.5 Å². The van der Waals surface area contributed by atoms with E-state index in [2.05, 4.69) is 0 Å². The lowest BCUT2D eigenvalue weighted by molar-refractivity contribution is -0.145. The van der Waals surface area contributed by atoms with Crippen LogP contribution in [-0.2, 0) is 16.1 Å². The number of carboxylic acids is 1. The van der Waals surface area contributed by atoms with E-state index in [4.69, 9.17) is 4.74 Å². The lowest BCUT2D eigenvalue weighted by Gasteiger charge is -2.24. The molecule has 1 aromatic rings. The number of rotatable bonds is 3. The van der Waals surface area contributed by atoms with E-state index in [0.29, 0.717) is 0 Å². The van der Waals surface area contributed by atoms with Gasteiger partial charge in [0.15, 0.2) is 0 Å². The Morgan fingerprint density at radius 2 is 1.95 bits per heavy atom. The molecule has 1 aliphatic carbocycles. The van der Waals surface area contributed by atoms with Gasteiger partial charge in [-0.25, -0.2) is 18.4 Å². The number of hydrogen-bond acceptors (Lipinski definition) is 3. The van der Waals surface area contributed by atoms with E-state index in [-0.39, 0.29) is 19.6 Å². The summed E-state index contributed by atoms with van der Waals surface area (Å²) in [6.07, 6.45) is -1.37. The van der Waals surface area contributed by atoms with E-state index in [9.17, 15) is 23.5 Å². The molecule has 7 heteroatoms. The number of benzene rings is 1. The van der Waals surface area contributed by atoms with Crippen molar-refractivity contribution in [1.29, 1.82) is 0 Å². The van der Waals surface area contributed by atoms with E-state index in [1.807, 2.05) is 6.07 Å². The van der Waals surface area contributed by atoms with E-state index in [1.165, 1.54) is 0 Å². The summed E-state index contributed by atoms with van der Waals surface area (Å²) in [7, 11) is 0. The number of carbonyl (C=O) groups is 2. The molecule has 1 N–H and O–H groups in total. The quantitative estimate of drug-likeness (QED) is 0.931. The third-order valence-corrected chi connectivity index (χ3v) is 4.45. The molecule has 22 heavy (non-hydrogen) atoms. The minimum Gasteiger partial charge on any atom is -0.480 e. The molecule has 0 bridgehead atoms. The highest BCUT2D eigenvalue weighted by molar-refractivity contribution is 5.83. The van der Waals surface area contributed by atoms with Gasteiger partial charge in [0.1, 0.15) is 12.6 Å². The van der Waals surface area contributed by atoms with Crippen LogP contribution in [0.1, 0.15) is 18.4 Å². The topological polar surface area (TPSA) is 66.8 Å². The van der Waals surface area contributed by atoms with Gasteiger partial charge in [-0.1, -0.05) is 30.3 Å². The second kappa shape index (κ2) is 4.93. The highest BCUT2D eigenvalue weighted by Crippen LogP contribution is 2.68. The Bertz CT molecular complexity index is 607. The number of alkyl halides is 2. The second-order valence-electron chi connectivity index (χ2n) is 5.76. The van der Waals surface area contributed by atoms with Crippen molar-refractivity contribution < 1.29 is 28.2 Å². The Balaban J connectivity index is 1.69. The van der Waals surface area contributed by atoms with Crippen LogP contribution in [-0.4, -0.2) is 40.6 Å². The Morgan fingerprint density at radius 1 is 1.32 bits per heavy atom. The Labute approximate surface area is 125 Å². The van der Waals surface area contributed by atoms with Gasteiger partial charge in [0, 0.05) is 13.0 Å². The molecule has 1 aliphatic heterocycles. The maximum absolute atomic E-state index is 13.5. The molecular formula is C15H15F2NO4. The predicted molar refractivity (Wildman–Crippen MR) is 71.4 cm³/mol. The zero-order valence-electron chi connectivity index (χ0n) is 11.7. The molecule has 2 aliphatic rings. The van der Waals surface area contributed by atoms with Gasteiger partial charge in [0.25, 0.3) is 5.92 Å². The number of ether oxygens (including phenoxy) is 1. The summed E-state index contributed by atoms with van der Waals surface area (Å²) in [6, 6.07) is 7.35. The number of aliphatic carboxylic acids is 1. The standard InChI is InChI=1S/C15H15F2NO4/c16-15(17)9-14(15)6-7-18(11(14)12(19)20)13(21)22-8-10-4-2-1-3-5-10/h1-5,11H,6-9H2,(H,19,20). The minimum absolute atomic E-state index is 0.0165. The first-order chi connectivity index (χ1) is 10.4. The number of amides is 1. The normalized spacial score (nSPS) is 28.6. The fourth-order valence-electron chi connectivity index (χ4n) is 3.17. The molecule has 0 aromatic heterocycles. The predicted octanol–water partition coefficient (Wildman–Crippen LogP) is 2.51. The van der Waals surface area contributed by atoms with Crippen molar-refractivity contribution in [1.82, 2.24) is 4.90 Å². The van der Waals surface area contributed by atoms with Crippen molar-refractivity contribution in [3.8, 4) is 0 Å². The zero-order valence-corrected chi connectivity index (χ0v) is 11.7. The second-order valence-corrected chi connectivity index (χ2v) is 5.76. The smallest absolute Gasteiger partial charge is 0.410 e. The van der Waals surface area contributed by atoms with Gasteiger partial charge in [-0.2, -0.15) is 0 Å². The van der Waals surface area contributed by atoms with Crippen LogP contribution in [0.25, 0.3) is 0 Å². The van der Waals surface area contributed by atoms with Crippen LogP contribution in [0.4, 0.5) is 13.6 Å².